The number of nitrogen functional groups attached to an aromatic ring is 1. The molecule has 1 aliphatic carbocycles. The van der Waals surface area contributed by atoms with Crippen molar-refractivity contribution in [3.05, 3.63) is 16.7 Å². The van der Waals surface area contributed by atoms with Crippen LogP contribution >= 0.6 is 0 Å². The average Bonchev–Trinajstić information content (AvgIpc) is 2.36. The number of hydrogen-bond acceptors (Lipinski definition) is 4. The summed E-state index contributed by atoms with van der Waals surface area (Å²) in [5.41, 5.74) is 5.60. The Morgan fingerprint density at radius 1 is 1.47 bits per heavy atom. The van der Waals surface area contributed by atoms with Crippen LogP contribution in [0.2, 0.25) is 0 Å². The molecule has 0 radical (unpaired) electrons. The first-order chi connectivity index (χ1) is 8.20. The van der Waals surface area contributed by atoms with E-state index in [0.717, 1.165) is 18.8 Å². The van der Waals surface area contributed by atoms with E-state index in [1.165, 1.54) is 25.6 Å². The van der Waals surface area contributed by atoms with Crippen LogP contribution in [0.1, 0.15) is 39.0 Å². The third-order valence-corrected chi connectivity index (χ3v) is 3.65. The van der Waals surface area contributed by atoms with Crippen LogP contribution in [0.4, 0.5) is 11.5 Å². The molecule has 0 spiro atoms. The van der Waals surface area contributed by atoms with E-state index in [2.05, 4.69) is 22.2 Å². The number of hydrogen-bond donors (Lipinski definition) is 3. The van der Waals surface area contributed by atoms with Gasteiger partial charge in [-0.05, 0) is 31.6 Å². The Bertz CT molecular complexity index is 421. The number of anilines is 2. The molecule has 0 aliphatic heterocycles. The van der Waals surface area contributed by atoms with Crippen LogP contribution in [0.5, 0.6) is 0 Å². The maximum Gasteiger partial charge on any atom is 0.276 e. The molecule has 0 saturated heterocycles. The first kappa shape index (κ1) is 12.0. The standard InChI is InChI=1S/C12H20N4O/c1-2-8-3-5-9(6-4-8)16-11-10(13)12(17)15-7-14-11/h7-9H,2-6,13H2,1H3,(H2,14,15,16,17). The molecule has 2 rings (SSSR count). The van der Waals surface area contributed by atoms with Gasteiger partial charge in [-0.2, -0.15) is 0 Å². The average molecular weight is 236 g/mol. The molecule has 0 unspecified atom stereocenters. The van der Waals surface area contributed by atoms with E-state index < -0.39 is 0 Å². The smallest absolute Gasteiger partial charge is 0.276 e. The molecule has 1 aromatic rings. The zero-order valence-electron chi connectivity index (χ0n) is 10.2. The molecule has 1 fully saturated rings. The molecule has 5 heteroatoms. The van der Waals surface area contributed by atoms with Crippen molar-refractivity contribution in [3.8, 4) is 0 Å². The second-order valence-electron chi connectivity index (χ2n) is 4.76. The summed E-state index contributed by atoms with van der Waals surface area (Å²) in [5, 5.41) is 3.28. The highest BCUT2D eigenvalue weighted by Gasteiger charge is 2.20. The first-order valence-corrected chi connectivity index (χ1v) is 6.30. The molecule has 5 nitrogen and oxygen atoms in total. The molecule has 0 aromatic carbocycles. The van der Waals surface area contributed by atoms with E-state index in [-0.39, 0.29) is 11.2 Å². The molecule has 0 amide bonds. The van der Waals surface area contributed by atoms with Crippen LogP contribution in [0.15, 0.2) is 11.1 Å². The lowest BCUT2D eigenvalue weighted by Crippen LogP contribution is -2.28. The Hall–Kier alpha value is -1.52. The van der Waals surface area contributed by atoms with Gasteiger partial charge in [0.1, 0.15) is 5.69 Å². The minimum absolute atomic E-state index is 0.185. The molecule has 1 saturated carbocycles. The third kappa shape index (κ3) is 2.78. The van der Waals surface area contributed by atoms with Gasteiger partial charge >= 0.3 is 0 Å². The summed E-state index contributed by atoms with van der Waals surface area (Å²) in [5.74, 6) is 1.38. The predicted octanol–water partition coefficient (Wildman–Crippen LogP) is 1.73. The van der Waals surface area contributed by atoms with Crippen molar-refractivity contribution in [2.45, 2.75) is 45.1 Å². The van der Waals surface area contributed by atoms with Gasteiger partial charge in [0.15, 0.2) is 5.82 Å². The van der Waals surface area contributed by atoms with Crippen molar-refractivity contribution >= 4 is 11.5 Å². The van der Waals surface area contributed by atoms with Crippen molar-refractivity contribution in [1.29, 1.82) is 0 Å². The monoisotopic (exact) mass is 236 g/mol. The fourth-order valence-corrected chi connectivity index (χ4v) is 2.43. The molecular weight excluding hydrogens is 216 g/mol. The van der Waals surface area contributed by atoms with E-state index in [1.54, 1.807) is 0 Å². The lowest BCUT2D eigenvalue weighted by molar-refractivity contribution is 0.330. The molecule has 1 aromatic heterocycles. The predicted molar refractivity (Wildman–Crippen MR) is 68.9 cm³/mol. The van der Waals surface area contributed by atoms with Gasteiger partial charge in [-0.3, -0.25) is 4.79 Å². The van der Waals surface area contributed by atoms with Gasteiger partial charge in [-0.1, -0.05) is 13.3 Å². The van der Waals surface area contributed by atoms with Crippen molar-refractivity contribution in [3.63, 3.8) is 0 Å². The summed E-state index contributed by atoms with van der Waals surface area (Å²) < 4.78 is 0. The zero-order valence-corrected chi connectivity index (χ0v) is 10.2. The van der Waals surface area contributed by atoms with Gasteiger partial charge in [-0.15, -0.1) is 0 Å². The van der Waals surface area contributed by atoms with Crippen LogP contribution in [0.3, 0.4) is 0 Å². The van der Waals surface area contributed by atoms with Crippen LogP contribution in [-0.4, -0.2) is 16.0 Å². The highest BCUT2D eigenvalue weighted by atomic mass is 16.1. The number of nitrogens with two attached hydrogens (primary N) is 1. The van der Waals surface area contributed by atoms with Crippen molar-refractivity contribution in [1.82, 2.24) is 9.97 Å². The second-order valence-corrected chi connectivity index (χ2v) is 4.76. The molecule has 0 bridgehead atoms. The Labute approximate surface area is 101 Å². The highest BCUT2D eigenvalue weighted by molar-refractivity contribution is 5.59. The zero-order chi connectivity index (χ0) is 12.3. The van der Waals surface area contributed by atoms with Gasteiger partial charge in [0.2, 0.25) is 0 Å². The van der Waals surface area contributed by atoms with Crippen LogP contribution in [0, 0.1) is 5.92 Å². The molecule has 0 atom stereocenters. The molecule has 4 N–H and O–H groups in total. The van der Waals surface area contributed by atoms with Gasteiger partial charge in [-0.25, -0.2) is 4.98 Å². The molecule has 17 heavy (non-hydrogen) atoms. The van der Waals surface area contributed by atoms with E-state index in [4.69, 9.17) is 5.73 Å². The van der Waals surface area contributed by atoms with E-state index >= 15 is 0 Å². The van der Waals surface area contributed by atoms with Crippen molar-refractivity contribution in [2.75, 3.05) is 11.1 Å². The molecule has 1 heterocycles. The van der Waals surface area contributed by atoms with Crippen molar-refractivity contribution in [2.24, 2.45) is 5.92 Å². The quantitative estimate of drug-likeness (QED) is 0.746. The molecule has 1 aliphatic rings. The maximum atomic E-state index is 11.3. The Morgan fingerprint density at radius 3 is 2.82 bits per heavy atom. The fourth-order valence-electron chi connectivity index (χ4n) is 2.43. The number of H-pyrrole nitrogens is 1. The number of rotatable bonds is 3. The number of nitrogens with one attached hydrogen (secondary N) is 2. The second kappa shape index (κ2) is 5.21. The maximum absolute atomic E-state index is 11.3. The van der Waals surface area contributed by atoms with Crippen LogP contribution < -0.4 is 16.6 Å². The van der Waals surface area contributed by atoms with Gasteiger partial charge < -0.3 is 16.0 Å². The lowest BCUT2D eigenvalue weighted by Gasteiger charge is -2.28. The summed E-state index contributed by atoms with van der Waals surface area (Å²) in [6.45, 7) is 2.24. The number of aromatic amines is 1. The van der Waals surface area contributed by atoms with Crippen molar-refractivity contribution < 1.29 is 0 Å². The van der Waals surface area contributed by atoms with Crippen LogP contribution in [0.25, 0.3) is 0 Å². The lowest BCUT2D eigenvalue weighted by atomic mass is 9.84. The summed E-state index contributed by atoms with van der Waals surface area (Å²) >= 11 is 0. The number of nitrogens with zero attached hydrogens (tertiary/aromatic N) is 1. The fraction of sp³-hybridized carbons (Fsp3) is 0.667. The first-order valence-electron chi connectivity index (χ1n) is 6.30. The van der Waals surface area contributed by atoms with Gasteiger partial charge in [0, 0.05) is 6.04 Å². The minimum atomic E-state index is -0.273. The summed E-state index contributed by atoms with van der Waals surface area (Å²) in [6, 6.07) is 0.398. The number of aromatic nitrogens is 2. The Kier molecular flexibility index (Phi) is 3.66. The third-order valence-electron chi connectivity index (χ3n) is 3.65. The molecule has 94 valence electrons. The SMILES string of the molecule is CCC1CCC(Nc2nc[nH]c(=O)c2N)CC1. The van der Waals surface area contributed by atoms with E-state index in [9.17, 15) is 4.79 Å². The largest absolute Gasteiger partial charge is 0.391 e. The molecular formula is C12H20N4O. The Balaban J connectivity index is 1.98. The van der Waals surface area contributed by atoms with Gasteiger partial charge in [0.05, 0.1) is 6.33 Å². The summed E-state index contributed by atoms with van der Waals surface area (Å²) in [7, 11) is 0. The Morgan fingerprint density at radius 2 is 2.18 bits per heavy atom. The van der Waals surface area contributed by atoms with Gasteiger partial charge in [0.25, 0.3) is 5.56 Å². The topological polar surface area (TPSA) is 83.8 Å². The summed E-state index contributed by atoms with van der Waals surface area (Å²) in [6.07, 6.45) is 7.41. The highest BCUT2D eigenvalue weighted by Crippen LogP contribution is 2.28. The van der Waals surface area contributed by atoms with Crippen LogP contribution in [-0.2, 0) is 0 Å². The van der Waals surface area contributed by atoms with E-state index in [1.807, 2.05) is 0 Å². The minimum Gasteiger partial charge on any atom is -0.391 e. The normalized spacial score (nSPS) is 24.5. The summed E-state index contributed by atoms with van der Waals surface area (Å²) in [4.78, 5) is 17.9. The van der Waals surface area contributed by atoms with E-state index in [0.29, 0.717) is 11.9 Å².